The zero-order valence-corrected chi connectivity index (χ0v) is 8.96. The van der Waals surface area contributed by atoms with E-state index in [0.717, 1.165) is 12.8 Å². The lowest BCUT2D eigenvalue weighted by atomic mass is 10.4. The first-order valence-corrected chi connectivity index (χ1v) is 6.00. The summed E-state index contributed by atoms with van der Waals surface area (Å²) >= 11 is 0. The molecule has 13 heavy (non-hydrogen) atoms. The second-order valence-corrected chi connectivity index (χ2v) is 4.39. The van der Waals surface area contributed by atoms with Crippen molar-refractivity contribution in [1.29, 1.82) is 0 Å². The minimum absolute atomic E-state index is 0.0589. The van der Waals surface area contributed by atoms with Gasteiger partial charge in [-0.3, -0.25) is 4.57 Å². The molecule has 0 radical (unpaired) electrons. The van der Waals surface area contributed by atoms with Crippen LogP contribution in [-0.2, 0) is 9.30 Å². The van der Waals surface area contributed by atoms with Gasteiger partial charge in [-0.05, 0) is 12.8 Å². The molecule has 0 spiro atoms. The molecule has 0 heterocycles. The van der Waals surface area contributed by atoms with Gasteiger partial charge in [-0.1, -0.05) is 20.3 Å². The Hall–Kier alpha value is -0.310. The van der Waals surface area contributed by atoms with Gasteiger partial charge in [0.1, 0.15) is 0 Å². The van der Waals surface area contributed by atoms with Crippen LogP contribution in [0.15, 0.2) is 11.6 Å². The normalized spacial score (nSPS) is 13.1. The standard InChI is InChI=1S/C8H17O4P/c1-3-5-6-12-7-8(4-2)13(9,10)11/h7H,3-6H2,1-2H3,(H2,9,10,11). The molecule has 78 valence electrons. The molecule has 4 nitrogen and oxygen atoms in total. The fourth-order valence-electron chi connectivity index (χ4n) is 0.741. The summed E-state index contributed by atoms with van der Waals surface area (Å²) in [7, 11) is -4.09. The number of unbranched alkanes of at least 4 members (excludes halogenated alkanes) is 1. The predicted molar refractivity (Wildman–Crippen MR) is 51.3 cm³/mol. The highest BCUT2D eigenvalue weighted by Crippen LogP contribution is 2.46. The first kappa shape index (κ1) is 12.7. The molecule has 0 saturated heterocycles. The van der Waals surface area contributed by atoms with Crippen LogP contribution in [0.5, 0.6) is 0 Å². The van der Waals surface area contributed by atoms with Crippen LogP contribution in [0, 0.1) is 0 Å². The Morgan fingerprint density at radius 1 is 1.46 bits per heavy atom. The third-order valence-electron chi connectivity index (χ3n) is 1.57. The first-order valence-electron chi connectivity index (χ1n) is 4.39. The first-order chi connectivity index (χ1) is 6.02. The van der Waals surface area contributed by atoms with Crippen molar-refractivity contribution in [3.05, 3.63) is 11.6 Å². The summed E-state index contributed by atoms with van der Waals surface area (Å²) in [5.74, 6) is 0. The van der Waals surface area contributed by atoms with Crippen molar-refractivity contribution in [2.24, 2.45) is 0 Å². The van der Waals surface area contributed by atoms with Crippen molar-refractivity contribution in [2.45, 2.75) is 33.1 Å². The molecular weight excluding hydrogens is 191 g/mol. The van der Waals surface area contributed by atoms with E-state index in [2.05, 4.69) is 0 Å². The lowest BCUT2D eigenvalue weighted by Crippen LogP contribution is -1.90. The fraction of sp³-hybridized carbons (Fsp3) is 0.750. The van der Waals surface area contributed by atoms with E-state index < -0.39 is 7.60 Å². The van der Waals surface area contributed by atoms with Crippen LogP contribution in [0.2, 0.25) is 0 Å². The minimum Gasteiger partial charge on any atom is -0.501 e. The van der Waals surface area contributed by atoms with Crippen LogP contribution in [0.1, 0.15) is 33.1 Å². The summed E-state index contributed by atoms with van der Waals surface area (Å²) in [6.07, 6.45) is 3.41. The van der Waals surface area contributed by atoms with Crippen LogP contribution in [0.3, 0.4) is 0 Å². The largest absolute Gasteiger partial charge is 0.501 e. The Balaban J connectivity index is 4.02. The van der Waals surface area contributed by atoms with E-state index in [0.29, 0.717) is 13.0 Å². The van der Waals surface area contributed by atoms with Gasteiger partial charge in [0.25, 0.3) is 0 Å². The predicted octanol–water partition coefficient (Wildman–Crippen LogP) is 2.23. The molecule has 0 aromatic rings. The monoisotopic (exact) mass is 208 g/mol. The molecule has 0 aromatic carbocycles. The molecule has 0 rings (SSSR count). The molecule has 0 unspecified atom stereocenters. The van der Waals surface area contributed by atoms with E-state index >= 15 is 0 Å². The summed E-state index contributed by atoms with van der Waals surface area (Å²) in [4.78, 5) is 17.6. The Morgan fingerprint density at radius 3 is 2.46 bits per heavy atom. The number of allylic oxidation sites excluding steroid dienone is 1. The third kappa shape index (κ3) is 5.86. The number of hydrogen-bond donors (Lipinski definition) is 2. The smallest absolute Gasteiger partial charge is 0.355 e. The molecule has 0 aromatic heterocycles. The highest BCUT2D eigenvalue weighted by molar-refractivity contribution is 7.56. The molecule has 0 saturated carbocycles. The van der Waals surface area contributed by atoms with Crippen LogP contribution in [0.4, 0.5) is 0 Å². The van der Waals surface area contributed by atoms with Crippen LogP contribution in [0.25, 0.3) is 0 Å². The lowest BCUT2D eigenvalue weighted by molar-refractivity contribution is 0.240. The molecule has 0 fully saturated rings. The average Bonchev–Trinajstić information content (AvgIpc) is 2.02. The maximum absolute atomic E-state index is 10.8. The quantitative estimate of drug-likeness (QED) is 0.399. The maximum Gasteiger partial charge on any atom is 0.355 e. The Bertz CT molecular complexity index is 206. The van der Waals surface area contributed by atoms with Gasteiger partial charge in [0.05, 0.1) is 18.2 Å². The number of hydrogen-bond acceptors (Lipinski definition) is 2. The number of rotatable bonds is 6. The molecule has 0 aliphatic heterocycles. The molecule has 0 bridgehead atoms. The molecular formula is C8H17O4P. The van der Waals surface area contributed by atoms with Gasteiger partial charge in [-0.25, -0.2) is 0 Å². The van der Waals surface area contributed by atoms with Gasteiger partial charge in [0.15, 0.2) is 0 Å². The zero-order valence-electron chi connectivity index (χ0n) is 8.06. The number of ether oxygens (including phenoxy) is 1. The summed E-state index contributed by atoms with van der Waals surface area (Å²) in [5, 5.41) is 0.0589. The Labute approximate surface area is 78.8 Å². The van der Waals surface area contributed by atoms with Crippen molar-refractivity contribution >= 4 is 7.60 Å². The molecule has 2 N–H and O–H groups in total. The van der Waals surface area contributed by atoms with Crippen LogP contribution < -0.4 is 0 Å². The van der Waals surface area contributed by atoms with E-state index in [1.165, 1.54) is 6.26 Å². The average molecular weight is 208 g/mol. The van der Waals surface area contributed by atoms with Gasteiger partial charge in [0.2, 0.25) is 0 Å². The third-order valence-corrected chi connectivity index (χ3v) is 2.74. The summed E-state index contributed by atoms with van der Waals surface area (Å²) in [6.45, 7) is 4.23. The topological polar surface area (TPSA) is 66.8 Å². The summed E-state index contributed by atoms with van der Waals surface area (Å²) in [6, 6.07) is 0. The summed E-state index contributed by atoms with van der Waals surface area (Å²) in [5.41, 5.74) is 0. The molecule has 0 aliphatic carbocycles. The highest BCUT2D eigenvalue weighted by atomic mass is 31.2. The fourth-order valence-corrected chi connectivity index (χ4v) is 1.36. The molecule has 0 atom stereocenters. The van der Waals surface area contributed by atoms with Gasteiger partial charge in [-0.15, -0.1) is 0 Å². The zero-order chi connectivity index (χ0) is 10.3. The Kier molecular flexibility index (Phi) is 6.04. The van der Waals surface area contributed by atoms with Gasteiger partial charge in [0, 0.05) is 0 Å². The lowest BCUT2D eigenvalue weighted by Gasteiger charge is -2.07. The summed E-state index contributed by atoms with van der Waals surface area (Å²) < 4.78 is 15.8. The highest BCUT2D eigenvalue weighted by Gasteiger charge is 2.18. The van der Waals surface area contributed by atoms with Crippen molar-refractivity contribution in [1.82, 2.24) is 0 Å². The van der Waals surface area contributed by atoms with E-state index in [1.54, 1.807) is 6.92 Å². The van der Waals surface area contributed by atoms with E-state index in [-0.39, 0.29) is 5.31 Å². The van der Waals surface area contributed by atoms with Gasteiger partial charge < -0.3 is 14.5 Å². The van der Waals surface area contributed by atoms with Crippen molar-refractivity contribution in [3.63, 3.8) is 0 Å². The van der Waals surface area contributed by atoms with Crippen molar-refractivity contribution in [2.75, 3.05) is 6.61 Å². The van der Waals surface area contributed by atoms with Crippen molar-refractivity contribution in [3.8, 4) is 0 Å². The van der Waals surface area contributed by atoms with E-state index in [9.17, 15) is 4.57 Å². The molecule has 0 amide bonds. The van der Waals surface area contributed by atoms with Crippen LogP contribution in [-0.4, -0.2) is 16.4 Å². The minimum atomic E-state index is -4.09. The molecule has 5 heteroatoms. The SMILES string of the molecule is CCCCOC=C(CC)P(=O)(O)O. The van der Waals surface area contributed by atoms with Crippen molar-refractivity contribution < 1.29 is 19.1 Å². The van der Waals surface area contributed by atoms with E-state index in [1.807, 2.05) is 6.92 Å². The van der Waals surface area contributed by atoms with Gasteiger partial charge in [-0.2, -0.15) is 0 Å². The molecule has 0 aliphatic rings. The second-order valence-electron chi connectivity index (χ2n) is 2.73. The van der Waals surface area contributed by atoms with Crippen LogP contribution >= 0.6 is 7.60 Å². The second kappa shape index (κ2) is 6.19. The van der Waals surface area contributed by atoms with E-state index in [4.69, 9.17) is 14.5 Å². The maximum atomic E-state index is 10.8. The van der Waals surface area contributed by atoms with Gasteiger partial charge >= 0.3 is 7.60 Å². The Morgan fingerprint density at radius 2 is 2.08 bits per heavy atom.